The number of rotatable bonds is 4. The van der Waals surface area contributed by atoms with Gasteiger partial charge in [0.1, 0.15) is 0 Å². The highest BCUT2D eigenvalue weighted by atomic mass is 16.3. The van der Waals surface area contributed by atoms with Gasteiger partial charge in [-0.05, 0) is 37.5 Å². The molecule has 17 heavy (non-hydrogen) atoms. The van der Waals surface area contributed by atoms with Crippen molar-refractivity contribution in [3.05, 3.63) is 0 Å². The van der Waals surface area contributed by atoms with Crippen molar-refractivity contribution in [1.29, 1.82) is 0 Å². The first-order valence-corrected chi connectivity index (χ1v) is 6.63. The summed E-state index contributed by atoms with van der Waals surface area (Å²) in [5.74, 6) is 0.0725. The molecule has 4 heteroatoms. The van der Waals surface area contributed by atoms with Gasteiger partial charge in [-0.3, -0.25) is 14.5 Å². The van der Waals surface area contributed by atoms with Crippen molar-refractivity contribution < 1.29 is 14.7 Å². The van der Waals surface area contributed by atoms with Gasteiger partial charge in [-0.25, -0.2) is 0 Å². The average molecular weight is 237 g/mol. The average Bonchev–Trinajstić information content (AvgIpc) is 2.83. The predicted octanol–water partition coefficient (Wildman–Crippen LogP) is 0.934. The van der Waals surface area contributed by atoms with Crippen molar-refractivity contribution in [2.24, 2.45) is 17.3 Å². The molecular formula is C13H19NO3. The van der Waals surface area contributed by atoms with Crippen LogP contribution in [0.4, 0.5) is 0 Å². The lowest BCUT2D eigenvalue weighted by atomic mass is 10.00. The van der Waals surface area contributed by atoms with E-state index in [1.165, 1.54) is 4.90 Å². The standard InChI is InChI=1S/C13H19NO3/c15-7-6-13(4-5-13)8-14-11(16)9-2-1-3-10(9)12(14)17/h9-10,15H,1-8H2. The van der Waals surface area contributed by atoms with Gasteiger partial charge in [0.2, 0.25) is 11.8 Å². The zero-order chi connectivity index (χ0) is 12.0. The van der Waals surface area contributed by atoms with Gasteiger partial charge in [-0.2, -0.15) is 0 Å². The molecule has 1 aliphatic heterocycles. The number of carbonyl (C=O) groups is 2. The van der Waals surface area contributed by atoms with Gasteiger partial charge in [0.25, 0.3) is 0 Å². The highest BCUT2D eigenvalue weighted by Crippen LogP contribution is 2.51. The summed E-state index contributed by atoms with van der Waals surface area (Å²) >= 11 is 0. The normalized spacial score (nSPS) is 34.3. The van der Waals surface area contributed by atoms with Crippen LogP contribution >= 0.6 is 0 Å². The van der Waals surface area contributed by atoms with Gasteiger partial charge in [-0.15, -0.1) is 0 Å². The Kier molecular flexibility index (Phi) is 2.51. The van der Waals surface area contributed by atoms with Gasteiger partial charge in [0.05, 0.1) is 11.8 Å². The fourth-order valence-electron chi connectivity index (χ4n) is 3.45. The summed E-state index contributed by atoms with van der Waals surface area (Å²) in [6.07, 6.45) is 5.60. The fourth-order valence-corrected chi connectivity index (χ4v) is 3.45. The highest BCUT2D eigenvalue weighted by molar-refractivity contribution is 6.05. The fraction of sp³-hybridized carbons (Fsp3) is 0.846. The zero-order valence-electron chi connectivity index (χ0n) is 10.0. The highest BCUT2D eigenvalue weighted by Gasteiger charge is 2.53. The van der Waals surface area contributed by atoms with Crippen LogP contribution in [-0.2, 0) is 9.59 Å². The largest absolute Gasteiger partial charge is 0.396 e. The van der Waals surface area contributed by atoms with Crippen molar-refractivity contribution in [1.82, 2.24) is 4.90 Å². The molecule has 2 amide bonds. The maximum absolute atomic E-state index is 12.1. The van der Waals surface area contributed by atoms with Gasteiger partial charge >= 0.3 is 0 Å². The molecule has 1 heterocycles. The van der Waals surface area contributed by atoms with E-state index < -0.39 is 0 Å². The molecular weight excluding hydrogens is 218 g/mol. The minimum absolute atomic E-state index is 0.0209. The first-order chi connectivity index (χ1) is 8.17. The molecule has 3 aliphatic rings. The Hall–Kier alpha value is -0.900. The summed E-state index contributed by atoms with van der Waals surface area (Å²) in [4.78, 5) is 25.8. The van der Waals surface area contributed by atoms with Gasteiger partial charge in [0, 0.05) is 13.2 Å². The van der Waals surface area contributed by atoms with Crippen molar-refractivity contribution in [2.75, 3.05) is 13.2 Å². The summed E-state index contributed by atoms with van der Waals surface area (Å²) in [7, 11) is 0. The molecule has 0 spiro atoms. The first kappa shape index (κ1) is 11.2. The number of aliphatic hydroxyl groups is 1. The van der Waals surface area contributed by atoms with E-state index in [1.807, 2.05) is 0 Å². The summed E-state index contributed by atoms with van der Waals surface area (Å²) in [6, 6.07) is 0. The number of aliphatic hydroxyl groups excluding tert-OH is 1. The Morgan fingerprint density at radius 2 is 1.76 bits per heavy atom. The van der Waals surface area contributed by atoms with Crippen LogP contribution in [0.25, 0.3) is 0 Å². The van der Waals surface area contributed by atoms with Crippen LogP contribution in [0.2, 0.25) is 0 Å². The topological polar surface area (TPSA) is 57.6 Å². The van der Waals surface area contributed by atoms with Crippen molar-refractivity contribution in [3.63, 3.8) is 0 Å². The SMILES string of the molecule is O=C1C2CCCC2C(=O)N1CC1(CCO)CC1. The van der Waals surface area contributed by atoms with E-state index in [0.29, 0.717) is 6.54 Å². The molecule has 2 saturated carbocycles. The van der Waals surface area contributed by atoms with E-state index in [2.05, 4.69) is 0 Å². The molecule has 2 unspecified atom stereocenters. The third-order valence-corrected chi connectivity index (χ3v) is 4.78. The lowest BCUT2D eigenvalue weighted by Gasteiger charge is -2.22. The zero-order valence-corrected chi connectivity index (χ0v) is 10.0. The second-order valence-corrected chi connectivity index (χ2v) is 5.88. The maximum atomic E-state index is 12.1. The number of amides is 2. The minimum Gasteiger partial charge on any atom is -0.396 e. The second kappa shape index (κ2) is 3.80. The van der Waals surface area contributed by atoms with Gasteiger partial charge < -0.3 is 5.11 Å². The van der Waals surface area contributed by atoms with Gasteiger partial charge in [0.15, 0.2) is 0 Å². The molecule has 94 valence electrons. The minimum atomic E-state index is -0.0209. The Morgan fingerprint density at radius 1 is 1.18 bits per heavy atom. The summed E-state index contributed by atoms with van der Waals surface area (Å²) in [6.45, 7) is 0.710. The van der Waals surface area contributed by atoms with E-state index >= 15 is 0 Å². The molecule has 2 aliphatic carbocycles. The number of imide groups is 1. The number of carbonyl (C=O) groups excluding carboxylic acids is 2. The van der Waals surface area contributed by atoms with Crippen LogP contribution in [0, 0.1) is 17.3 Å². The molecule has 0 aromatic heterocycles. The Morgan fingerprint density at radius 3 is 2.24 bits per heavy atom. The number of hydrogen-bond donors (Lipinski definition) is 1. The molecule has 1 saturated heterocycles. The van der Waals surface area contributed by atoms with Crippen LogP contribution < -0.4 is 0 Å². The Balaban J connectivity index is 1.72. The van der Waals surface area contributed by atoms with Crippen molar-refractivity contribution in [3.8, 4) is 0 Å². The summed E-state index contributed by atoms with van der Waals surface area (Å²) in [5, 5.41) is 9.02. The second-order valence-electron chi connectivity index (χ2n) is 5.88. The van der Waals surface area contributed by atoms with Crippen LogP contribution in [0.1, 0.15) is 38.5 Å². The summed E-state index contributed by atoms with van der Waals surface area (Å²) < 4.78 is 0. The first-order valence-electron chi connectivity index (χ1n) is 6.63. The van der Waals surface area contributed by atoms with E-state index in [-0.39, 0.29) is 35.7 Å². The molecule has 0 bridgehead atoms. The van der Waals surface area contributed by atoms with Crippen LogP contribution in [-0.4, -0.2) is 35.0 Å². The van der Waals surface area contributed by atoms with Gasteiger partial charge in [-0.1, -0.05) is 6.42 Å². The maximum Gasteiger partial charge on any atom is 0.233 e. The lowest BCUT2D eigenvalue weighted by Crippen LogP contribution is -2.37. The third-order valence-electron chi connectivity index (χ3n) is 4.78. The smallest absolute Gasteiger partial charge is 0.233 e. The Labute approximate surface area is 101 Å². The molecule has 0 aromatic carbocycles. The number of hydrogen-bond acceptors (Lipinski definition) is 3. The number of fused-ring (bicyclic) bond motifs is 1. The molecule has 0 aromatic rings. The Bertz CT molecular complexity index is 340. The van der Waals surface area contributed by atoms with Crippen LogP contribution in [0.5, 0.6) is 0 Å². The summed E-state index contributed by atoms with van der Waals surface area (Å²) in [5.41, 5.74) is 0.0543. The van der Waals surface area contributed by atoms with Crippen molar-refractivity contribution in [2.45, 2.75) is 38.5 Å². The van der Waals surface area contributed by atoms with E-state index in [0.717, 1.165) is 38.5 Å². The van der Waals surface area contributed by atoms with Crippen LogP contribution in [0.3, 0.4) is 0 Å². The third kappa shape index (κ3) is 1.69. The van der Waals surface area contributed by atoms with E-state index in [9.17, 15) is 9.59 Å². The van der Waals surface area contributed by atoms with E-state index in [1.54, 1.807) is 0 Å². The van der Waals surface area contributed by atoms with Crippen LogP contribution in [0.15, 0.2) is 0 Å². The molecule has 1 N–H and O–H groups in total. The molecule has 2 atom stereocenters. The molecule has 3 fully saturated rings. The monoisotopic (exact) mass is 237 g/mol. The lowest BCUT2D eigenvalue weighted by molar-refractivity contribution is -0.141. The quantitative estimate of drug-likeness (QED) is 0.740. The molecule has 3 rings (SSSR count). The molecule has 0 radical (unpaired) electrons. The molecule has 4 nitrogen and oxygen atoms in total. The van der Waals surface area contributed by atoms with Crippen molar-refractivity contribution >= 4 is 11.8 Å². The predicted molar refractivity (Wildman–Crippen MR) is 60.9 cm³/mol. The van der Waals surface area contributed by atoms with E-state index in [4.69, 9.17) is 5.11 Å². The number of likely N-dealkylation sites (tertiary alicyclic amines) is 1. The number of nitrogens with zero attached hydrogens (tertiary/aromatic N) is 1.